The molecule has 3 heteroatoms. The molecule has 0 saturated carbocycles. The number of methoxy groups -OCH3 is 1. The molecule has 3 rings (SSSR count). The lowest BCUT2D eigenvalue weighted by molar-refractivity contribution is 0.415. The van der Waals surface area contributed by atoms with Crippen LogP contribution >= 0.6 is 0 Å². The zero-order valence-corrected chi connectivity index (χ0v) is 11.6. The minimum atomic E-state index is 0.869. The van der Waals surface area contributed by atoms with Crippen molar-refractivity contribution >= 4 is 22.6 Å². The Hall–Kier alpha value is -2.55. The first-order valence-electron chi connectivity index (χ1n) is 6.52. The topological polar surface area (TPSA) is 37.9 Å². The normalized spacial score (nSPS) is 11.8. The monoisotopic (exact) mass is 264 g/mol. The Morgan fingerprint density at radius 2 is 2.00 bits per heavy atom. The lowest BCUT2D eigenvalue weighted by Crippen LogP contribution is -1.82. The van der Waals surface area contributed by atoms with Crippen LogP contribution in [0.15, 0.2) is 48.9 Å². The summed E-state index contributed by atoms with van der Waals surface area (Å²) >= 11 is 0. The Balaban J connectivity index is 2.06. The molecule has 0 aliphatic carbocycles. The van der Waals surface area contributed by atoms with Gasteiger partial charge in [-0.2, -0.15) is 0 Å². The molecule has 0 amide bonds. The first-order valence-corrected chi connectivity index (χ1v) is 6.52. The molecule has 1 N–H and O–H groups in total. The molecular weight excluding hydrogens is 248 g/mol. The lowest BCUT2D eigenvalue weighted by Gasteiger charge is -2.02. The number of hydrogen-bond acceptors (Lipinski definition) is 2. The van der Waals surface area contributed by atoms with E-state index in [0.29, 0.717) is 0 Å². The summed E-state index contributed by atoms with van der Waals surface area (Å²) in [5, 5.41) is 1.16. The molecule has 0 bridgehead atoms. The van der Waals surface area contributed by atoms with Crippen LogP contribution in [0.4, 0.5) is 0 Å². The molecule has 2 heterocycles. The summed E-state index contributed by atoms with van der Waals surface area (Å²) in [6.45, 7) is 2.11. The molecule has 0 aliphatic heterocycles. The molecule has 3 nitrogen and oxygen atoms in total. The number of ether oxygens (including phenoxy) is 1. The van der Waals surface area contributed by atoms with Gasteiger partial charge < -0.3 is 9.72 Å². The van der Waals surface area contributed by atoms with E-state index in [4.69, 9.17) is 4.74 Å². The van der Waals surface area contributed by atoms with E-state index in [1.165, 1.54) is 11.1 Å². The van der Waals surface area contributed by atoms with Crippen molar-refractivity contribution in [1.82, 2.24) is 9.97 Å². The number of pyridine rings is 1. The summed E-state index contributed by atoms with van der Waals surface area (Å²) in [6.07, 6.45) is 7.82. The van der Waals surface area contributed by atoms with Gasteiger partial charge in [0.25, 0.3) is 0 Å². The van der Waals surface area contributed by atoms with Crippen molar-refractivity contribution in [2.45, 2.75) is 6.92 Å². The molecule has 0 saturated heterocycles. The maximum Gasteiger partial charge on any atom is 0.119 e. The molecule has 0 radical (unpaired) electrons. The smallest absolute Gasteiger partial charge is 0.119 e. The minimum Gasteiger partial charge on any atom is -0.497 e. The zero-order valence-electron chi connectivity index (χ0n) is 11.6. The molecule has 2 aromatic heterocycles. The van der Waals surface area contributed by atoms with Gasteiger partial charge in [-0.3, -0.25) is 4.98 Å². The van der Waals surface area contributed by atoms with E-state index >= 15 is 0 Å². The van der Waals surface area contributed by atoms with Crippen LogP contribution in [-0.4, -0.2) is 17.1 Å². The number of allylic oxidation sites excluding steroid dienone is 1. The molecule has 3 aromatic rings. The van der Waals surface area contributed by atoms with Gasteiger partial charge in [0, 0.05) is 35.1 Å². The van der Waals surface area contributed by atoms with Gasteiger partial charge in [0.15, 0.2) is 0 Å². The second-order valence-corrected chi connectivity index (χ2v) is 4.72. The lowest BCUT2D eigenvalue weighted by atomic mass is 10.1. The standard InChI is InChI=1S/C17H16N2O/c1-12(13-5-7-18-8-6-13)9-14-11-19-17-4-3-15(20-2)10-16(14)17/h3-11,19H,1-2H3/b12-9+. The number of H-pyrrole nitrogens is 1. The molecule has 0 aliphatic rings. The fraction of sp³-hybridized carbons (Fsp3) is 0.118. The predicted octanol–water partition coefficient (Wildman–Crippen LogP) is 4.13. The van der Waals surface area contributed by atoms with Crippen molar-refractivity contribution < 1.29 is 4.74 Å². The summed E-state index contributed by atoms with van der Waals surface area (Å²) in [5.41, 5.74) is 4.65. The highest BCUT2D eigenvalue weighted by molar-refractivity contribution is 5.94. The van der Waals surface area contributed by atoms with Crippen molar-refractivity contribution in [2.24, 2.45) is 0 Å². The van der Waals surface area contributed by atoms with Crippen LogP contribution in [0.3, 0.4) is 0 Å². The maximum absolute atomic E-state index is 5.29. The van der Waals surface area contributed by atoms with Crippen LogP contribution in [-0.2, 0) is 0 Å². The molecule has 0 unspecified atom stereocenters. The molecular formula is C17H16N2O. The minimum absolute atomic E-state index is 0.869. The van der Waals surface area contributed by atoms with Gasteiger partial charge in [-0.1, -0.05) is 0 Å². The van der Waals surface area contributed by atoms with Crippen molar-refractivity contribution in [3.63, 3.8) is 0 Å². The molecule has 0 fully saturated rings. The number of rotatable bonds is 3. The fourth-order valence-electron chi connectivity index (χ4n) is 2.30. The van der Waals surface area contributed by atoms with Crippen molar-refractivity contribution in [3.05, 3.63) is 60.0 Å². The third kappa shape index (κ3) is 2.30. The Morgan fingerprint density at radius 3 is 2.75 bits per heavy atom. The highest BCUT2D eigenvalue weighted by Gasteiger charge is 2.04. The van der Waals surface area contributed by atoms with E-state index in [-0.39, 0.29) is 0 Å². The second-order valence-electron chi connectivity index (χ2n) is 4.72. The Labute approximate surface area is 117 Å². The van der Waals surface area contributed by atoms with Crippen LogP contribution in [0.25, 0.3) is 22.6 Å². The molecule has 0 spiro atoms. The van der Waals surface area contributed by atoms with E-state index in [0.717, 1.165) is 22.2 Å². The zero-order chi connectivity index (χ0) is 13.9. The number of benzene rings is 1. The van der Waals surface area contributed by atoms with E-state index in [1.54, 1.807) is 7.11 Å². The van der Waals surface area contributed by atoms with Gasteiger partial charge in [-0.15, -0.1) is 0 Å². The van der Waals surface area contributed by atoms with Gasteiger partial charge in [0.05, 0.1) is 7.11 Å². The first-order chi connectivity index (χ1) is 9.78. The molecule has 100 valence electrons. The van der Waals surface area contributed by atoms with Gasteiger partial charge >= 0.3 is 0 Å². The van der Waals surface area contributed by atoms with Gasteiger partial charge in [0.1, 0.15) is 5.75 Å². The molecule has 1 aromatic carbocycles. The van der Waals surface area contributed by atoms with Crippen molar-refractivity contribution in [3.8, 4) is 5.75 Å². The van der Waals surface area contributed by atoms with Crippen LogP contribution in [0, 0.1) is 0 Å². The highest BCUT2D eigenvalue weighted by Crippen LogP contribution is 2.26. The predicted molar refractivity (Wildman–Crippen MR) is 82.6 cm³/mol. The first kappa shape index (κ1) is 12.5. The van der Waals surface area contributed by atoms with Crippen molar-refractivity contribution in [2.75, 3.05) is 7.11 Å². The second kappa shape index (κ2) is 5.21. The van der Waals surface area contributed by atoms with E-state index in [1.807, 2.05) is 42.9 Å². The van der Waals surface area contributed by atoms with E-state index < -0.39 is 0 Å². The SMILES string of the molecule is COc1ccc2[nH]cc(/C=C(\C)c3ccncc3)c2c1. The van der Waals surface area contributed by atoms with Gasteiger partial charge in [-0.05, 0) is 54.5 Å². The number of nitrogens with one attached hydrogen (secondary N) is 1. The number of aromatic nitrogens is 2. The summed E-state index contributed by atoms with van der Waals surface area (Å²) in [5.74, 6) is 0.869. The average Bonchev–Trinajstić information content (AvgIpc) is 2.90. The quantitative estimate of drug-likeness (QED) is 0.772. The largest absolute Gasteiger partial charge is 0.497 e. The maximum atomic E-state index is 5.29. The average molecular weight is 264 g/mol. The third-order valence-corrected chi connectivity index (χ3v) is 3.43. The van der Waals surface area contributed by atoms with E-state index in [2.05, 4.69) is 29.0 Å². The van der Waals surface area contributed by atoms with Crippen LogP contribution in [0.2, 0.25) is 0 Å². The Bertz CT molecular complexity index is 757. The summed E-state index contributed by atoms with van der Waals surface area (Å²) in [6, 6.07) is 10.1. The van der Waals surface area contributed by atoms with Gasteiger partial charge in [-0.25, -0.2) is 0 Å². The number of nitrogens with zero attached hydrogens (tertiary/aromatic N) is 1. The molecule has 0 atom stereocenters. The summed E-state index contributed by atoms with van der Waals surface area (Å²) < 4.78 is 5.29. The van der Waals surface area contributed by atoms with Gasteiger partial charge in [0.2, 0.25) is 0 Å². The van der Waals surface area contributed by atoms with E-state index in [9.17, 15) is 0 Å². The summed E-state index contributed by atoms with van der Waals surface area (Å²) in [4.78, 5) is 7.33. The number of hydrogen-bond donors (Lipinski definition) is 1. The highest BCUT2D eigenvalue weighted by atomic mass is 16.5. The Kier molecular flexibility index (Phi) is 3.25. The van der Waals surface area contributed by atoms with Crippen LogP contribution in [0.5, 0.6) is 5.75 Å². The van der Waals surface area contributed by atoms with Crippen LogP contribution < -0.4 is 4.74 Å². The molecule has 20 heavy (non-hydrogen) atoms. The third-order valence-electron chi connectivity index (χ3n) is 3.43. The summed E-state index contributed by atoms with van der Waals surface area (Å²) in [7, 11) is 1.69. The van der Waals surface area contributed by atoms with Crippen LogP contribution in [0.1, 0.15) is 18.1 Å². The number of fused-ring (bicyclic) bond motifs is 1. The fourth-order valence-corrected chi connectivity index (χ4v) is 2.30. The number of aromatic amines is 1. The Morgan fingerprint density at radius 1 is 1.20 bits per heavy atom. The van der Waals surface area contributed by atoms with Crippen molar-refractivity contribution in [1.29, 1.82) is 0 Å².